The first kappa shape index (κ1) is 19.2. The van der Waals surface area contributed by atoms with Gasteiger partial charge in [-0.05, 0) is 43.5 Å². The number of nitrogens with one attached hydrogen (secondary N) is 1. The van der Waals surface area contributed by atoms with Crippen LogP contribution in [0.2, 0.25) is 0 Å². The number of aromatic nitrogens is 1. The zero-order valence-corrected chi connectivity index (χ0v) is 16.4. The number of hydrogen-bond acceptors (Lipinski definition) is 3. The molecule has 0 bridgehead atoms. The molecule has 4 heteroatoms. The van der Waals surface area contributed by atoms with E-state index in [0.29, 0.717) is 29.5 Å². The minimum Gasteiger partial charge on any atom is -0.460 e. The Labute approximate surface area is 161 Å². The maximum absolute atomic E-state index is 13.0. The lowest BCUT2D eigenvalue weighted by Crippen LogP contribution is -2.29. The van der Waals surface area contributed by atoms with Gasteiger partial charge in [-0.1, -0.05) is 51.3 Å². The van der Waals surface area contributed by atoms with E-state index in [9.17, 15) is 4.79 Å². The third-order valence-corrected chi connectivity index (χ3v) is 5.05. The van der Waals surface area contributed by atoms with Crippen LogP contribution in [0, 0.1) is 12.8 Å². The number of aryl methyl sites for hydroxylation is 1. The number of hydrogen-bond donors (Lipinski definition) is 1. The second kappa shape index (κ2) is 8.85. The molecule has 1 atom stereocenters. The summed E-state index contributed by atoms with van der Waals surface area (Å²) in [6, 6.07) is 13.4. The Bertz CT molecular complexity index is 914. The number of fused-ring (bicyclic) bond motifs is 1. The van der Waals surface area contributed by atoms with Crippen LogP contribution in [0.3, 0.4) is 0 Å². The van der Waals surface area contributed by atoms with Gasteiger partial charge in [0.15, 0.2) is 5.76 Å². The molecule has 0 saturated carbocycles. The molecule has 142 valence electrons. The van der Waals surface area contributed by atoms with Gasteiger partial charge in [0.2, 0.25) is 0 Å². The molecule has 0 aliphatic heterocycles. The predicted molar refractivity (Wildman–Crippen MR) is 110 cm³/mol. The molecule has 4 nitrogen and oxygen atoms in total. The minimum absolute atomic E-state index is 0.0481. The van der Waals surface area contributed by atoms with Gasteiger partial charge in [0.25, 0.3) is 5.91 Å². The number of benzene rings is 1. The van der Waals surface area contributed by atoms with E-state index in [1.165, 1.54) is 12.8 Å². The highest BCUT2D eigenvalue weighted by atomic mass is 16.3. The standard InChI is InChI=1S/C23H28N2O2/c1-4-6-9-17(5-2)15-24-23(26)19-14-21(22-13-12-16(3)27-22)25-20-11-8-7-10-18(19)20/h7-8,10-14,17H,4-6,9,15H2,1-3H3,(H,24,26). The predicted octanol–water partition coefficient (Wildman–Crippen LogP) is 5.75. The first-order chi connectivity index (χ1) is 13.1. The highest BCUT2D eigenvalue weighted by molar-refractivity contribution is 6.07. The van der Waals surface area contributed by atoms with Crippen LogP contribution < -0.4 is 5.32 Å². The number of para-hydroxylation sites is 1. The number of carbonyl (C=O) groups excluding carboxylic acids is 1. The summed E-state index contributed by atoms with van der Waals surface area (Å²) in [5.74, 6) is 1.98. The van der Waals surface area contributed by atoms with Gasteiger partial charge in [-0.3, -0.25) is 4.79 Å². The van der Waals surface area contributed by atoms with Gasteiger partial charge < -0.3 is 9.73 Å². The van der Waals surface area contributed by atoms with Crippen molar-refractivity contribution in [3.63, 3.8) is 0 Å². The largest absolute Gasteiger partial charge is 0.460 e. The molecule has 2 heterocycles. The second-order valence-corrected chi connectivity index (χ2v) is 7.11. The number of pyridine rings is 1. The van der Waals surface area contributed by atoms with Crippen molar-refractivity contribution in [2.75, 3.05) is 6.54 Å². The fourth-order valence-corrected chi connectivity index (χ4v) is 3.34. The highest BCUT2D eigenvalue weighted by Gasteiger charge is 2.16. The van der Waals surface area contributed by atoms with E-state index in [2.05, 4.69) is 24.1 Å². The Kier molecular flexibility index (Phi) is 6.28. The summed E-state index contributed by atoms with van der Waals surface area (Å²) in [5.41, 5.74) is 2.13. The normalized spacial score (nSPS) is 12.3. The topological polar surface area (TPSA) is 55.1 Å². The molecule has 1 N–H and O–H groups in total. The molecule has 3 rings (SSSR count). The van der Waals surface area contributed by atoms with Crippen LogP contribution in [0.1, 0.15) is 55.6 Å². The highest BCUT2D eigenvalue weighted by Crippen LogP contribution is 2.26. The summed E-state index contributed by atoms with van der Waals surface area (Å²) >= 11 is 0. The lowest BCUT2D eigenvalue weighted by molar-refractivity contribution is 0.0947. The maximum atomic E-state index is 13.0. The molecule has 0 aliphatic carbocycles. The van der Waals surface area contributed by atoms with Gasteiger partial charge >= 0.3 is 0 Å². The second-order valence-electron chi connectivity index (χ2n) is 7.11. The fourth-order valence-electron chi connectivity index (χ4n) is 3.34. The van der Waals surface area contributed by atoms with Gasteiger partial charge in [-0.2, -0.15) is 0 Å². The minimum atomic E-state index is -0.0481. The van der Waals surface area contributed by atoms with Crippen molar-refractivity contribution in [1.82, 2.24) is 10.3 Å². The van der Waals surface area contributed by atoms with E-state index in [1.807, 2.05) is 49.4 Å². The fraction of sp³-hybridized carbons (Fsp3) is 0.391. The smallest absolute Gasteiger partial charge is 0.252 e. The summed E-state index contributed by atoms with van der Waals surface area (Å²) in [7, 11) is 0. The summed E-state index contributed by atoms with van der Waals surface area (Å²) in [5, 5.41) is 4.00. The molecule has 1 unspecified atom stereocenters. The van der Waals surface area contributed by atoms with E-state index in [-0.39, 0.29) is 5.91 Å². The quantitative estimate of drug-likeness (QED) is 0.554. The Hall–Kier alpha value is -2.62. The third-order valence-electron chi connectivity index (χ3n) is 5.05. The molecule has 0 fully saturated rings. The van der Waals surface area contributed by atoms with Gasteiger partial charge in [0.05, 0.1) is 11.1 Å². The Morgan fingerprint density at radius 1 is 1.19 bits per heavy atom. The van der Waals surface area contributed by atoms with E-state index in [1.54, 1.807) is 0 Å². The Morgan fingerprint density at radius 3 is 2.70 bits per heavy atom. The lowest BCUT2D eigenvalue weighted by Gasteiger charge is -2.16. The first-order valence-corrected chi connectivity index (χ1v) is 9.87. The summed E-state index contributed by atoms with van der Waals surface area (Å²) in [6.45, 7) is 7.00. The maximum Gasteiger partial charge on any atom is 0.252 e. The van der Waals surface area contributed by atoms with Gasteiger partial charge in [0.1, 0.15) is 11.5 Å². The Morgan fingerprint density at radius 2 is 2.00 bits per heavy atom. The molecule has 0 saturated heterocycles. The van der Waals surface area contributed by atoms with Crippen LogP contribution in [0.4, 0.5) is 0 Å². The number of carbonyl (C=O) groups is 1. The van der Waals surface area contributed by atoms with Crippen LogP contribution in [0.15, 0.2) is 46.9 Å². The lowest BCUT2D eigenvalue weighted by atomic mass is 9.99. The number of rotatable bonds is 8. The van der Waals surface area contributed by atoms with Crippen molar-refractivity contribution in [2.45, 2.75) is 46.5 Å². The van der Waals surface area contributed by atoms with Crippen molar-refractivity contribution < 1.29 is 9.21 Å². The summed E-state index contributed by atoms with van der Waals surface area (Å²) in [6.07, 6.45) is 4.62. The monoisotopic (exact) mass is 364 g/mol. The molecular formula is C23H28N2O2. The number of nitrogens with zero attached hydrogens (tertiary/aromatic N) is 1. The average molecular weight is 364 g/mol. The van der Waals surface area contributed by atoms with Crippen LogP contribution >= 0.6 is 0 Å². The first-order valence-electron chi connectivity index (χ1n) is 9.87. The molecule has 1 aromatic carbocycles. The third kappa shape index (κ3) is 4.57. The molecule has 0 aliphatic rings. The van der Waals surface area contributed by atoms with Gasteiger partial charge in [-0.15, -0.1) is 0 Å². The molecular weight excluding hydrogens is 336 g/mol. The molecule has 1 amide bonds. The van der Waals surface area contributed by atoms with Crippen LogP contribution in [-0.4, -0.2) is 17.4 Å². The van der Waals surface area contributed by atoms with E-state index < -0.39 is 0 Å². The van der Waals surface area contributed by atoms with Crippen molar-refractivity contribution in [3.8, 4) is 11.5 Å². The molecule has 3 aromatic rings. The average Bonchev–Trinajstić information content (AvgIpc) is 3.13. The van der Waals surface area contributed by atoms with Crippen molar-refractivity contribution in [1.29, 1.82) is 0 Å². The number of amides is 1. The SMILES string of the molecule is CCCCC(CC)CNC(=O)c1cc(-c2ccc(C)o2)nc2ccccc12. The molecule has 0 radical (unpaired) electrons. The van der Waals surface area contributed by atoms with Gasteiger partial charge in [-0.25, -0.2) is 4.98 Å². The zero-order valence-electron chi connectivity index (χ0n) is 16.4. The van der Waals surface area contributed by atoms with E-state index >= 15 is 0 Å². The molecule has 27 heavy (non-hydrogen) atoms. The molecule has 0 spiro atoms. The zero-order chi connectivity index (χ0) is 19.2. The van der Waals surface area contributed by atoms with Crippen molar-refractivity contribution in [3.05, 3.63) is 53.8 Å². The van der Waals surface area contributed by atoms with E-state index in [4.69, 9.17) is 4.42 Å². The molecule has 2 aromatic heterocycles. The van der Waals surface area contributed by atoms with Crippen molar-refractivity contribution >= 4 is 16.8 Å². The van der Waals surface area contributed by atoms with Crippen LogP contribution in [-0.2, 0) is 0 Å². The van der Waals surface area contributed by atoms with Gasteiger partial charge in [0, 0.05) is 11.9 Å². The van der Waals surface area contributed by atoms with E-state index in [0.717, 1.165) is 29.5 Å². The van der Waals surface area contributed by atoms with Crippen LogP contribution in [0.5, 0.6) is 0 Å². The van der Waals surface area contributed by atoms with Crippen LogP contribution in [0.25, 0.3) is 22.4 Å². The number of unbranched alkanes of at least 4 members (excludes halogenated alkanes) is 1. The Balaban J connectivity index is 1.89. The summed E-state index contributed by atoms with van der Waals surface area (Å²) < 4.78 is 5.72. The summed E-state index contributed by atoms with van der Waals surface area (Å²) in [4.78, 5) is 17.7. The van der Waals surface area contributed by atoms with Crippen molar-refractivity contribution in [2.24, 2.45) is 5.92 Å². The number of furan rings is 1.